The first-order valence-corrected chi connectivity index (χ1v) is 4.54. The van der Waals surface area contributed by atoms with Crippen LogP contribution in [0.4, 0.5) is 0 Å². The average molecular weight is 173 g/mol. The lowest BCUT2D eigenvalue weighted by atomic mass is 10.0. The normalized spacial score (nSPS) is 11.4. The maximum Gasteiger partial charge on any atom is 0.0450 e. The monoisotopic (exact) mass is 173 g/mol. The molecule has 0 radical (unpaired) electrons. The van der Waals surface area contributed by atoms with Crippen molar-refractivity contribution in [2.24, 2.45) is 0 Å². The van der Waals surface area contributed by atoms with Gasteiger partial charge in [-0.3, -0.25) is 4.98 Å². The van der Waals surface area contributed by atoms with Crippen LogP contribution in [0, 0.1) is 6.92 Å². The minimum Gasteiger partial charge on any atom is -0.261 e. The third-order valence-electron chi connectivity index (χ3n) is 1.96. The molecule has 0 aliphatic rings. The molecule has 1 aromatic heterocycles. The summed E-state index contributed by atoms with van der Waals surface area (Å²) in [4.78, 5) is 4.24. The fourth-order valence-corrected chi connectivity index (χ4v) is 1.31. The standard InChI is InChI=1S/C12H15N/c1-4-7-11(5-2)12-8-6-9-13-10(12)3/h5-9H,2,4H2,1,3H3/b11-7-. The van der Waals surface area contributed by atoms with Gasteiger partial charge in [-0.25, -0.2) is 0 Å². The van der Waals surface area contributed by atoms with E-state index in [2.05, 4.69) is 30.6 Å². The molecule has 0 saturated carbocycles. The van der Waals surface area contributed by atoms with E-state index in [1.807, 2.05) is 25.3 Å². The molecule has 1 nitrogen and oxygen atoms in total. The van der Waals surface area contributed by atoms with Gasteiger partial charge in [0.15, 0.2) is 0 Å². The zero-order chi connectivity index (χ0) is 9.68. The second-order valence-corrected chi connectivity index (χ2v) is 2.91. The molecule has 1 aromatic rings. The molecule has 1 heteroatoms. The van der Waals surface area contributed by atoms with Gasteiger partial charge in [0.2, 0.25) is 0 Å². The number of hydrogen-bond donors (Lipinski definition) is 0. The third-order valence-corrected chi connectivity index (χ3v) is 1.96. The van der Waals surface area contributed by atoms with Crippen LogP contribution in [0.5, 0.6) is 0 Å². The summed E-state index contributed by atoms with van der Waals surface area (Å²) < 4.78 is 0. The van der Waals surface area contributed by atoms with Crippen LogP contribution in [0.25, 0.3) is 5.57 Å². The first-order valence-electron chi connectivity index (χ1n) is 4.54. The van der Waals surface area contributed by atoms with Gasteiger partial charge < -0.3 is 0 Å². The predicted molar refractivity (Wildman–Crippen MR) is 57.4 cm³/mol. The van der Waals surface area contributed by atoms with Crippen LogP contribution in [0.15, 0.2) is 37.1 Å². The van der Waals surface area contributed by atoms with Crippen molar-refractivity contribution in [3.8, 4) is 0 Å². The van der Waals surface area contributed by atoms with Crippen LogP contribution < -0.4 is 0 Å². The largest absolute Gasteiger partial charge is 0.261 e. The minimum atomic E-state index is 1.02. The molecule has 0 saturated heterocycles. The number of nitrogens with zero attached hydrogens (tertiary/aromatic N) is 1. The van der Waals surface area contributed by atoms with Crippen LogP contribution >= 0.6 is 0 Å². The molecule has 68 valence electrons. The minimum absolute atomic E-state index is 1.02. The topological polar surface area (TPSA) is 12.9 Å². The van der Waals surface area contributed by atoms with Crippen molar-refractivity contribution in [3.63, 3.8) is 0 Å². The molecule has 0 aliphatic heterocycles. The SMILES string of the molecule is C=C/C(=C/CC)c1cccnc1C. The van der Waals surface area contributed by atoms with E-state index < -0.39 is 0 Å². The summed E-state index contributed by atoms with van der Waals surface area (Å²) in [5.41, 5.74) is 3.41. The number of pyridine rings is 1. The van der Waals surface area contributed by atoms with Crippen molar-refractivity contribution in [3.05, 3.63) is 48.3 Å². The van der Waals surface area contributed by atoms with E-state index in [-0.39, 0.29) is 0 Å². The summed E-state index contributed by atoms with van der Waals surface area (Å²) in [5, 5.41) is 0. The molecule has 0 amide bonds. The van der Waals surface area contributed by atoms with Crippen molar-refractivity contribution in [2.75, 3.05) is 0 Å². The van der Waals surface area contributed by atoms with Crippen LogP contribution in [0.1, 0.15) is 24.6 Å². The summed E-state index contributed by atoms with van der Waals surface area (Å²) in [7, 11) is 0. The first-order chi connectivity index (χ1) is 6.29. The highest BCUT2D eigenvalue weighted by Crippen LogP contribution is 2.17. The van der Waals surface area contributed by atoms with E-state index in [1.165, 1.54) is 11.1 Å². The van der Waals surface area contributed by atoms with Gasteiger partial charge in [-0.1, -0.05) is 31.7 Å². The second kappa shape index (κ2) is 4.61. The van der Waals surface area contributed by atoms with Gasteiger partial charge in [0.1, 0.15) is 0 Å². The number of rotatable bonds is 3. The molecule has 0 unspecified atom stereocenters. The summed E-state index contributed by atoms with van der Waals surface area (Å²) >= 11 is 0. The van der Waals surface area contributed by atoms with E-state index in [0.717, 1.165) is 12.1 Å². The smallest absolute Gasteiger partial charge is 0.0450 e. The Bertz CT molecular complexity index is 324. The van der Waals surface area contributed by atoms with Crippen LogP contribution in [0.3, 0.4) is 0 Å². The molecule has 0 aliphatic carbocycles. The quantitative estimate of drug-likeness (QED) is 0.638. The number of aromatic nitrogens is 1. The number of aryl methyl sites for hydroxylation is 1. The average Bonchev–Trinajstić information content (AvgIpc) is 2.16. The lowest BCUT2D eigenvalue weighted by molar-refractivity contribution is 1.17. The van der Waals surface area contributed by atoms with Gasteiger partial charge in [0.05, 0.1) is 0 Å². The van der Waals surface area contributed by atoms with Gasteiger partial charge >= 0.3 is 0 Å². The molecular weight excluding hydrogens is 158 g/mol. The maximum absolute atomic E-state index is 4.24. The predicted octanol–water partition coefficient (Wildman–Crippen LogP) is 3.37. The second-order valence-electron chi connectivity index (χ2n) is 2.91. The molecule has 0 N–H and O–H groups in total. The van der Waals surface area contributed by atoms with Crippen molar-refractivity contribution < 1.29 is 0 Å². The van der Waals surface area contributed by atoms with Crippen LogP contribution in [-0.2, 0) is 0 Å². The number of hydrogen-bond acceptors (Lipinski definition) is 1. The Hall–Kier alpha value is -1.37. The zero-order valence-corrected chi connectivity index (χ0v) is 8.25. The van der Waals surface area contributed by atoms with Crippen molar-refractivity contribution in [1.82, 2.24) is 4.98 Å². The third kappa shape index (κ3) is 2.28. The summed E-state index contributed by atoms with van der Waals surface area (Å²) in [6.45, 7) is 7.94. The van der Waals surface area contributed by atoms with E-state index >= 15 is 0 Å². The molecule has 0 aromatic carbocycles. The molecule has 0 spiro atoms. The van der Waals surface area contributed by atoms with Gasteiger partial charge in [-0.2, -0.15) is 0 Å². The summed E-state index contributed by atoms with van der Waals surface area (Å²) in [6, 6.07) is 4.03. The Balaban J connectivity index is 3.12. The lowest BCUT2D eigenvalue weighted by Gasteiger charge is -2.04. The summed E-state index contributed by atoms with van der Waals surface area (Å²) in [6.07, 6.45) is 6.88. The molecule has 1 rings (SSSR count). The fraction of sp³-hybridized carbons (Fsp3) is 0.250. The van der Waals surface area contributed by atoms with Gasteiger partial charge in [0, 0.05) is 17.5 Å². The van der Waals surface area contributed by atoms with Gasteiger partial charge in [0.25, 0.3) is 0 Å². The first kappa shape index (κ1) is 9.72. The Morgan fingerprint density at radius 1 is 1.62 bits per heavy atom. The van der Waals surface area contributed by atoms with Gasteiger partial charge in [-0.15, -0.1) is 0 Å². The molecule has 1 heterocycles. The van der Waals surface area contributed by atoms with E-state index in [0.29, 0.717) is 0 Å². The highest BCUT2D eigenvalue weighted by molar-refractivity contribution is 5.74. The van der Waals surface area contributed by atoms with Gasteiger partial charge in [-0.05, 0) is 25.0 Å². The highest BCUT2D eigenvalue weighted by Gasteiger charge is 2.00. The summed E-state index contributed by atoms with van der Waals surface area (Å²) in [5.74, 6) is 0. The zero-order valence-electron chi connectivity index (χ0n) is 8.25. The van der Waals surface area contributed by atoms with E-state index in [4.69, 9.17) is 0 Å². The van der Waals surface area contributed by atoms with E-state index in [1.54, 1.807) is 0 Å². The highest BCUT2D eigenvalue weighted by atomic mass is 14.7. The molecular formula is C12H15N. The molecule has 0 atom stereocenters. The lowest BCUT2D eigenvalue weighted by Crippen LogP contribution is -1.89. The van der Waals surface area contributed by atoms with Crippen molar-refractivity contribution in [2.45, 2.75) is 20.3 Å². The van der Waals surface area contributed by atoms with Crippen molar-refractivity contribution in [1.29, 1.82) is 0 Å². The Morgan fingerprint density at radius 2 is 2.38 bits per heavy atom. The van der Waals surface area contributed by atoms with Crippen LogP contribution in [-0.4, -0.2) is 4.98 Å². The Morgan fingerprint density at radius 3 is 2.92 bits per heavy atom. The molecule has 0 bridgehead atoms. The van der Waals surface area contributed by atoms with Crippen LogP contribution in [0.2, 0.25) is 0 Å². The Labute approximate surface area is 79.8 Å². The maximum atomic E-state index is 4.24. The fourth-order valence-electron chi connectivity index (χ4n) is 1.31. The molecule has 0 fully saturated rings. The molecule has 13 heavy (non-hydrogen) atoms. The van der Waals surface area contributed by atoms with E-state index in [9.17, 15) is 0 Å². The number of allylic oxidation sites excluding steroid dienone is 3. The van der Waals surface area contributed by atoms with Crippen molar-refractivity contribution >= 4 is 5.57 Å². The Kier molecular flexibility index (Phi) is 3.44.